The maximum Gasteiger partial charge on any atom is 0.138 e. The van der Waals surface area contributed by atoms with Crippen molar-refractivity contribution in [2.45, 2.75) is 19.6 Å². The second-order valence-electron chi connectivity index (χ2n) is 4.38. The van der Waals surface area contributed by atoms with Crippen LogP contribution in [0.15, 0.2) is 12.3 Å². The highest BCUT2D eigenvalue weighted by atomic mass is 28.3. The molecule has 0 aliphatic heterocycles. The van der Waals surface area contributed by atoms with Crippen molar-refractivity contribution in [3.63, 3.8) is 0 Å². The first-order chi connectivity index (χ1) is 7.46. The number of ether oxygens (including phenoxy) is 1. The van der Waals surface area contributed by atoms with E-state index in [2.05, 4.69) is 42.2 Å². The zero-order chi connectivity index (χ0) is 12.2. The van der Waals surface area contributed by atoms with E-state index in [4.69, 9.17) is 10.00 Å². The number of hydrogen-bond acceptors (Lipinski definition) is 3. The summed E-state index contributed by atoms with van der Waals surface area (Å²) < 4.78 is 5.00. The van der Waals surface area contributed by atoms with Crippen LogP contribution < -0.4 is 4.74 Å². The fraction of sp³-hybridized carbons (Fsp3) is 0.333. The van der Waals surface area contributed by atoms with Crippen molar-refractivity contribution < 1.29 is 4.74 Å². The summed E-state index contributed by atoms with van der Waals surface area (Å²) in [6, 6.07) is 3.73. The number of nitrogens with zero attached hydrogens (tertiary/aromatic N) is 2. The normalized spacial score (nSPS) is 9.94. The lowest BCUT2D eigenvalue weighted by Crippen LogP contribution is -2.16. The van der Waals surface area contributed by atoms with Crippen molar-refractivity contribution in [3.8, 4) is 23.3 Å². The van der Waals surface area contributed by atoms with Crippen LogP contribution in [0.3, 0.4) is 0 Å². The van der Waals surface area contributed by atoms with E-state index in [0.717, 1.165) is 0 Å². The van der Waals surface area contributed by atoms with Gasteiger partial charge in [0.25, 0.3) is 0 Å². The van der Waals surface area contributed by atoms with Crippen molar-refractivity contribution in [1.82, 2.24) is 4.98 Å². The minimum atomic E-state index is -1.44. The quantitative estimate of drug-likeness (QED) is 0.549. The maximum atomic E-state index is 8.97. The Hall–Kier alpha value is -1.78. The van der Waals surface area contributed by atoms with Crippen LogP contribution in [0.25, 0.3) is 0 Å². The zero-order valence-corrected chi connectivity index (χ0v) is 11.0. The van der Waals surface area contributed by atoms with Crippen LogP contribution in [0.1, 0.15) is 11.3 Å². The number of aromatic nitrogens is 1. The standard InChI is InChI=1S/C12H14N2OSi/c1-15-11-7-10(8-13)12(14-9-11)5-6-16(2,3)4/h7,9H,1-4H3. The maximum absolute atomic E-state index is 8.97. The molecule has 0 aliphatic rings. The third-order valence-corrected chi connectivity index (χ3v) is 2.65. The Balaban J connectivity index is 3.15. The van der Waals surface area contributed by atoms with Crippen LogP contribution >= 0.6 is 0 Å². The number of methoxy groups -OCH3 is 1. The molecule has 0 amide bonds. The molecule has 3 nitrogen and oxygen atoms in total. The molecule has 1 rings (SSSR count). The molecule has 0 unspecified atom stereocenters. The molecule has 0 saturated carbocycles. The molecule has 0 spiro atoms. The van der Waals surface area contributed by atoms with Gasteiger partial charge in [-0.15, -0.1) is 5.54 Å². The van der Waals surface area contributed by atoms with Crippen LogP contribution in [-0.4, -0.2) is 20.2 Å². The molecule has 1 aromatic rings. The highest BCUT2D eigenvalue weighted by Gasteiger charge is 2.09. The van der Waals surface area contributed by atoms with Gasteiger partial charge in [-0.05, 0) is 0 Å². The molecule has 4 heteroatoms. The van der Waals surface area contributed by atoms with Crippen LogP contribution in [0.2, 0.25) is 19.6 Å². The predicted octanol–water partition coefficient (Wildman–Crippen LogP) is 2.19. The van der Waals surface area contributed by atoms with Crippen molar-refractivity contribution in [2.24, 2.45) is 0 Å². The highest BCUT2D eigenvalue weighted by molar-refractivity contribution is 6.83. The Labute approximate surface area is 97.1 Å². The molecule has 0 atom stereocenters. The molecule has 1 aromatic heterocycles. The molecule has 0 radical (unpaired) electrons. The van der Waals surface area contributed by atoms with Gasteiger partial charge in [0.15, 0.2) is 0 Å². The van der Waals surface area contributed by atoms with Gasteiger partial charge in [0.1, 0.15) is 25.6 Å². The molecular weight excluding hydrogens is 216 g/mol. The fourth-order valence-corrected chi connectivity index (χ4v) is 1.48. The van der Waals surface area contributed by atoms with Gasteiger partial charge in [-0.3, -0.25) is 0 Å². The summed E-state index contributed by atoms with van der Waals surface area (Å²) in [5.41, 5.74) is 4.18. The molecule has 82 valence electrons. The van der Waals surface area contributed by atoms with Crippen molar-refractivity contribution in [2.75, 3.05) is 7.11 Å². The van der Waals surface area contributed by atoms with Crippen molar-refractivity contribution >= 4 is 8.07 Å². The van der Waals surface area contributed by atoms with Gasteiger partial charge in [-0.1, -0.05) is 25.6 Å². The Morgan fingerprint density at radius 3 is 2.56 bits per heavy atom. The van der Waals surface area contributed by atoms with Gasteiger partial charge in [0, 0.05) is 6.07 Å². The topological polar surface area (TPSA) is 45.9 Å². The van der Waals surface area contributed by atoms with E-state index >= 15 is 0 Å². The van der Waals surface area contributed by atoms with Gasteiger partial charge < -0.3 is 4.74 Å². The lowest BCUT2D eigenvalue weighted by Gasteiger charge is -2.04. The SMILES string of the molecule is COc1cnc(C#C[Si](C)(C)C)c(C#N)c1. The molecule has 0 aliphatic carbocycles. The summed E-state index contributed by atoms with van der Waals surface area (Å²) in [4.78, 5) is 4.12. The van der Waals surface area contributed by atoms with Crippen LogP contribution in [0.4, 0.5) is 0 Å². The van der Waals surface area contributed by atoms with E-state index in [9.17, 15) is 0 Å². The molecule has 0 fully saturated rings. The number of pyridine rings is 1. The Bertz CT molecular complexity index is 486. The first-order valence-corrected chi connectivity index (χ1v) is 8.43. The van der Waals surface area contributed by atoms with Gasteiger partial charge in [-0.2, -0.15) is 5.26 Å². The molecule has 0 N–H and O–H groups in total. The second-order valence-corrected chi connectivity index (χ2v) is 9.13. The molecule has 16 heavy (non-hydrogen) atoms. The average molecular weight is 230 g/mol. The first-order valence-electron chi connectivity index (χ1n) is 4.93. The van der Waals surface area contributed by atoms with E-state index in [1.165, 1.54) is 0 Å². The Morgan fingerprint density at radius 2 is 2.06 bits per heavy atom. The third kappa shape index (κ3) is 3.41. The first kappa shape index (κ1) is 12.3. The molecule has 0 saturated heterocycles. The lowest BCUT2D eigenvalue weighted by atomic mass is 10.2. The van der Waals surface area contributed by atoms with Gasteiger partial charge in [0.2, 0.25) is 0 Å². The smallest absolute Gasteiger partial charge is 0.138 e. The summed E-state index contributed by atoms with van der Waals surface area (Å²) in [6.45, 7) is 6.45. The third-order valence-electron chi connectivity index (χ3n) is 1.77. The zero-order valence-electron chi connectivity index (χ0n) is 9.96. The van der Waals surface area contributed by atoms with Crippen LogP contribution in [-0.2, 0) is 0 Å². The monoisotopic (exact) mass is 230 g/mol. The Kier molecular flexibility index (Phi) is 3.71. The van der Waals surface area contributed by atoms with Gasteiger partial charge in [-0.25, -0.2) is 4.98 Å². The predicted molar refractivity (Wildman–Crippen MR) is 65.7 cm³/mol. The molecule has 0 aromatic carbocycles. The Morgan fingerprint density at radius 1 is 1.38 bits per heavy atom. The number of rotatable bonds is 1. The largest absolute Gasteiger partial charge is 0.495 e. The van der Waals surface area contributed by atoms with Crippen LogP contribution in [0.5, 0.6) is 5.75 Å². The molecular formula is C12H14N2OSi. The lowest BCUT2D eigenvalue weighted by molar-refractivity contribution is 0.412. The summed E-state index contributed by atoms with van der Waals surface area (Å²) in [6.07, 6.45) is 1.58. The number of hydrogen-bond donors (Lipinski definition) is 0. The summed E-state index contributed by atoms with van der Waals surface area (Å²) in [5, 5.41) is 8.97. The van der Waals surface area contributed by atoms with E-state index < -0.39 is 8.07 Å². The summed E-state index contributed by atoms with van der Waals surface area (Å²) in [5.74, 6) is 3.56. The van der Waals surface area contributed by atoms with Crippen LogP contribution in [0, 0.1) is 22.8 Å². The minimum absolute atomic E-state index is 0.463. The highest BCUT2D eigenvalue weighted by Crippen LogP contribution is 2.13. The summed E-state index contributed by atoms with van der Waals surface area (Å²) >= 11 is 0. The number of nitriles is 1. The minimum Gasteiger partial charge on any atom is -0.495 e. The second kappa shape index (κ2) is 4.83. The van der Waals surface area contributed by atoms with E-state index in [1.807, 2.05) is 0 Å². The van der Waals surface area contributed by atoms with Gasteiger partial charge in [0.05, 0.1) is 18.9 Å². The van der Waals surface area contributed by atoms with Gasteiger partial charge >= 0.3 is 0 Å². The van der Waals surface area contributed by atoms with E-state index in [-0.39, 0.29) is 0 Å². The molecule has 0 bridgehead atoms. The molecule has 1 heterocycles. The van der Waals surface area contributed by atoms with Crippen molar-refractivity contribution in [3.05, 3.63) is 23.5 Å². The van der Waals surface area contributed by atoms with Crippen molar-refractivity contribution in [1.29, 1.82) is 5.26 Å². The van der Waals surface area contributed by atoms with E-state index in [1.54, 1.807) is 19.4 Å². The average Bonchev–Trinajstić information content (AvgIpc) is 2.25. The van der Waals surface area contributed by atoms with E-state index in [0.29, 0.717) is 17.0 Å². The summed E-state index contributed by atoms with van der Waals surface area (Å²) in [7, 11) is 0.108. The fourth-order valence-electron chi connectivity index (χ4n) is 0.989.